The Morgan fingerprint density at radius 2 is 0.515 bits per heavy atom. The van der Waals surface area contributed by atoms with E-state index < -0.39 is 0 Å². The second-order valence-corrected chi connectivity index (χ2v) is 22.8. The summed E-state index contributed by atoms with van der Waals surface area (Å²) in [5.41, 5.74) is 16.8. The molecular formula is C68H86. The van der Waals surface area contributed by atoms with Gasteiger partial charge in [-0.3, -0.25) is 0 Å². The van der Waals surface area contributed by atoms with Crippen molar-refractivity contribution in [2.45, 2.75) is 175 Å². The fourth-order valence-electron chi connectivity index (χ4n) is 12.0. The highest BCUT2D eigenvalue weighted by atomic mass is 14.3. The normalized spacial score (nSPS) is 25.0. The van der Waals surface area contributed by atoms with E-state index in [1.165, 1.54) is 171 Å². The lowest BCUT2D eigenvalue weighted by Gasteiger charge is -2.27. The van der Waals surface area contributed by atoms with Crippen LogP contribution in [0.1, 0.15) is 188 Å². The van der Waals surface area contributed by atoms with Crippen molar-refractivity contribution in [3.63, 3.8) is 0 Å². The Balaban J connectivity index is 0.000000139. The second-order valence-electron chi connectivity index (χ2n) is 22.8. The first kappa shape index (κ1) is 49.7. The largest absolute Gasteiger partial charge is 0.0625 e. The van der Waals surface area contributed by atoms with Gasteiger partial charge in [-0.25, -0.2) is 0 Å². The molecule has 0 N–H and O–H groups in total. The molecule has 10 rings (SSSR count). The number of aryl methyl sites for hydroxylation is 3. The van der Waals surface area contributed by atoms with Gasteiger partial charge in [-0.1, -0.05) is 249 Å². The highest BCUT2D eigenvalue weighted by Gasteiger charge is 2.22. The van der Waals surface area contributed by atoms with Crippen LogP contribution in [0.4, 0.5) is 0 Å². The van der Waals surface area contributed by atoms with Gasteiger partial charge in [0.2, 0.25) is 0 Å². The van der Waals surface area contributed by atoms with Crippen molar-refractivity contribution in [1.29, 1.82) is 0 Å². The summed E-state index contributed by atoms with van der Waals surface area (Å²) >= 11 is 0. The van der Waals surface area contributed by atoms with E-state index in [1.54, 1.807) is 11.1 Å². The Kier molecular flexibility index (Phi) is 18.1. The zero-order valence-corrected chi connectivity index (χ0v) is 43.2. The van der Waals surface area contributed by atoms with Crippen LogP contribution < -0.4 is 0 Å². The van der Waals surface area contributed by atoms with Crippen LogP contribution in [0.3, 0.4) is 0 Å². The zero-order chi connectivity index (χ0) is 47.2. The first-order valence-electron chi connectivity index (χ1n) is 27.6. The van der Waals surface area contributed by atoms with Crippen molar-refractivity contribution in [2.75, 3.05) is 0 Å². The van der Waals surface area contributed by atoms with Gasteiger partial charge in [0.15, 0.2) is 0 Å². The maximum Gasteiger partial charge on any atom is -0.0162 e. The number of benzene rings is 6. The summed E-state index contributed by atoms with van der Waals surface area (Å²) in [7, 11) is 0. The van der Waals surface area contributed by atoms with Crippen LogP contribution in [0.25, 0.3) is 33.4 Å². The summed E-state index contributed by atoms with van der Waals surface area (Å²) in [4.78, 5) is 0. The van der Waals surface area contributed by atoms with Gasteiger partial charge in [0, 0.05) is 0 Å². The average molecular weight is 903 g/mol. The molecule has 0 bridgehead atoms. The fourth-order valence-corrected chi connectivity index (χ4v) is 12.0. The molecule has 0 radical (unpaired) electrons. The van der Waals surface area contributed by atoms with Gasteiger partial charge in [-0.15, -0.1) is 0 Å². The molecule has 0 heteroatoms. The smallest absolute Gasteiger partial charge is 0.0162 e. The molecular weight excluding hydrogens is 817 g/mol. The highest BCUT2D eigenvalue weighted by Crippen LogP contribution is 2.39. The summed E-state index contributed by atoms with van der Waals surface area (Å²) in [6, 6.07) is 55.0. The van der Waals surface area contributed by atoms with E-state index >= 15 is 0 Å². The quantitative estimate of drug-likeness (QED) is 0.136. The van der Waals surface area contributed by atoms with E-state index in [1.807, 2.05) is 0 Å². The molecule has 0 unspecified atom stereocenters. The van der Waals surface area contributed by atoms with E-state index in [-0.39, 0.29) is 0 Å². The molecule has 4 saturated carbocycles. The van der Waals surface area contributed by atoms with Crippen molar-refractivity contribution in [3.8, 4) is 33.4 Å². The standard InChI is InChI=1S/C26H34.C22H28.C20H24/c1-19-3-7-21(8-4-19)23-11-15-25(16-12-23)26-17-13-24(14-18-26)22-9-5-20(2)6-10-22;1-17-3-7-19(8-4-17)9-10-20-11-15-22(16-12-20)21-13-5-18(2)6-14-21;1-15-3-7-17(8-4-15)19-11-13-20(14-12-19)18-9-5-16(2)6-10-18/h11-22H,3-10H2,1-2H3;5-6,11-17,19H,3-4,7-10H2,1-2H3;3-4,7-8,11-14,16,18H,5-6,9-10H2,1-2H3. The van der Waals surface area contributed by atoms with Gasteiger partial charge >= 0.3 is 0 Å². The molecule has 0 saturated heterocycles. The third kappa shape index (κ3) is 14.4. The van der Waals surface area contributed by atoms with E-state index in [0.717, 1.165) is 47.3 Å². The minimum Gasteiger partial charge on any atom is -0.0625 e. The van der Waals surface area contributed by atoms with Crippen LogP contribution in [-0.4, -0.2) is 0 Å². The zero-order valence-electron chi connectivity index (χ0n) is 43.2. The van der Waals surface area contributed by atoms with Crippen LogP contribution in [-0.2, 0) is 6.42 Å². The lowest BCUT2D eigenvalue weighted by Crippen LogP contribution is -2.12. The maximum absolute atomic E-state index is 2.40. The summed E-state index contributed by atoms with van der Waals surface area (Å²) in [6.07, 6.45) is 25.0. The Morgan fingerprint density at radius 3 is 0.794 bits per heavy atom. The van der Waals surface area contributed by atoms with Gasteiger partial charge in [-0.05, 0) is 168 Å². The van der Waals surface area contributed by atoms with Gasteiger partial charge in [0.05, 0.1) is 0 Å². The van der Waals surface area contributed by atoms with Gasteiger partial charge in [0.1, 0.15) is 0 Å². The molecule has 0 heterocycles. The first-order chi connectivity index (χ1) is 33.1. The van der Waals surface area contributed by atoms with Gasteiger partial charge < -0.3 is 0 Å². The first-order valence-corrected chi connectivity index (χ1v) is 27.6. The van der Waals surface area contributed by atoms with Gasteiger partial charge in [0.25, 0.3) is 0 Å². The van der Waals surface area contributed by atoms with E-state index in [2.05, 4.69) is 187 Å². The number of hydrogen-bond acceptors (Lipinski definition) is 0. The minimum absolute atomic E-state index is 0.788. The molecule has 0 spiro atoms. The summed E-state index contributed by atoms with van der Waals surface area (Å²) in [5.74, 6) is 7.08. The summed E-state index contributed by atoms with van der Waals surface area (Å²) in [6.45, 7) is 13.9. The van der Waals surface area contributed by atoms with Crippen LogP contribution in [0.2, 0.25) is 0 Å². The Bertz CT molecular complexity index is 2270. The molecule has 0 aromatic heterocycles. The highest BCUT2D eigenvalue weighted by molar-refractivity contribution is 5.66. The monoisotopic (exact) mass is 903 g/mol. The van der Waals surface area contributed by atoms with E-state index in [0.29, 0.717) is 0 Å². The predicted octanol–water partition coefficient (Wildman–Crippen LogP) is 20.3. The third-order valence-electron chi connectivity index (χ3n) is 17.2. The van der Waals surface area contributed by atoms with Crippen LogP contribution in [0.15, 0.2) is 146 Å². The van der Waals surface area contributed by atoms with Crippen LogP contribution in [0.5, 0.6) is 0 Å². The second kappa shape index (κ2) is 24.7. The van der Waals surface area contributed by atoms with Crippen molar-refractivity contribution in [3.05, 3.63) is 179 Å². The molecule has 358 valence electrons. The topological polar surface area (TPSA) is 0 Å². The molecule has 6 aromatic carbocycles. The molecule has 0 amide bonds. The fraction of sp³-hybridized carbons (Fsp3) is 0.471. The number of hydrogen-bond donors (Lipinski definition) is 0. The predicted molar refractivity (Wildman–Crippen MR) is 296 cm³/mol. The SMILES string of the molecule is CC1CCC(c2ccc(-c3ccc(C4CCC(C)CC4)cc3)cc2)CC1.Cc1ccc(-c2ccc(C3CCC(C)CC3)cc2)cc1.Cc1ccc(-c2ccc(CCC3CCC(C)CC3)cc2)cc1. The number of rotatable bonds is 9. The van der Waals surface area contributed by atoms with Crippen LogP contribution >= 0.6 is 0 Å². The van der Waals surface area contributed by atoms with Crippen LogP contribution in [0, 0.1) is 43.4 Å². The van der Waals surface area contributed by atoms with Crippen molar-refractivity contribution < 1.29 is 0 Å². The molecule has 0 atom stereocenters. The summed E-state index contributed by atoms with van der Waals surface area (Å²) < 4.78 is 0. The van der Waals surface area contributed by atoms with E-state index in [9.17, 15) is 0 Å². The van der Waals surface area contributed by atoms with Gasteiger partial charge in [-0.2, -0.15) is 0 Å². The minimum atomic E-state index is 0.788. The molecule has 4 fully saturated rings. The third-order valence-corrected chi connectivity index (χ3v) is 17.2. The molecule has 4 aliphatic carbocycles. The summed E-state index contributed by atoms with van der Waals surface area (Å²) in [5, 5.41) is 0. The van der Waals surface area contributed by atoms with E-state index in [4.69, 9.17) is 0 Å². The average Bonchev–Trinajstić information content (AvgIpc) is 3.38. The Hall–Kier alpha value is -4.68. The lowest BCUT2D eigenvalue weighted by molar-refractivity contribution is 0.278. The lowest BCUT2D eigenvalue weighted by atomic mass is 9.79. The molecule has 0 nitrogen and oxygen atoms in total. The maximum atomic E-state index is 2.40. The van der Waals surface area contributed by atoms with Crippen molar-refractivity contribution >= 4 is 0 Å². The Labute approximate surface area is 414 Å². The van der Waals surface area contributed by atoms with Crippen molar-refractivity contribution in [1.82, 2.24) is 0 Å². The molecule has 4 aliphatic rings. The Morgan fingerprint density at radius 1 is 0.279 bits per heavy atom. The molecule has 68 heavy (non-hydrogen) atoms. The van der Waals surface area contributed by atoms with Crippen molar-refractivity contribution in [2.24, 2.45) is 29.6 Å². The molecule has 6 aromatic rings. The molecule has 0 aliphatic heterocycles.